The van der Waals surface area contributed by atoms with Crippen molar-refractivity contribution in [1.29, 1.82) is 0 Å². The molecule has 2 N–H and O–H groups in total. The Morgan fingerprint density at radius 3 is 2.81 bits per heavy atom. The lowest BCUT2D eigenvalue weighted by molar-refractivity contribution is 0.605. The second-order valence-corrected chi connectivity index (χ2v) is 5.80. The zero-order valence-electron chi connectivity index (χ0n) is 12.5. The van der Waals surface area contributed by atoms with E-state index in [1.165, 1.54) is 0 Å². The maximum atomic E-state index is 5.95. The zero-order chi connectivity index (χ0) is 15.2. The fraction of sp³-hybridized carbons (Fsp3) is 0.400. The molecule has 0 amide bonds. The van der Waals surface area contributed by atoms with E-state index in [0.29, 0.717) is 17.7 Å². The molecule has 0 bridgehead atoms. The summed E-state index contributed by atoms with van der Waals surface area (Å²) in [4.78, 5) is 4.40. The number of aromatic nitrogens is 3. The number of rotatable bonds is 6. The monoisotopic (exact) mass is 305 g/mol. The summed E-state index contributed by atoms with van der Waals surface area (Å²) < 4.78 is 0. The van der Waals surface area contributed by atoms with Crippen molar-refractivity contribution in [2.75, 3.05) is 17.2 Å². The number of halogens is 1. The molecule has 1 aromatic heterocycles. The first-order valence-corrected chi connectivity index (χ1v) is 7.39. The van der Waals surface area contributed by atoms with Gasteiger partial charge in [-0.05, 0) is 43.0 Å². The van der Waals surface area contributed by atoms with Crippen molar-refractivity contribution >= 4 is 29.1 Å². The normalized spacial score (nSPS) is 10.7. The van der Waals surface area contributed by atoms with E-state index in [9.17, 15) is 0 Å². The maximum absolute atomic E-state index is 5.95. The van der Waals surface area contributed by atoms with Crippen LogP contribution in [0.2, 0.25) is 5.02 Å². The molecular formula is C15H20ClN5. The van der Waals surface area contributed by atoms with Crippen molar-refractivity contribution in [1.82, 2.24) is 15.2 Å². The molecule has 2 aromatic rings. The Morgan fingerprint density at radius 2 is 2.10 bits per heavy atom. The molecule has 0 saturated heterocycles. The minimum Gasteiger partial charge on any atom is -0.353 e. The van der Waals surface area contributed by atoms with Crippen molar-refractivity contribution in [3.8, 4) is 0 Å². The van der Waals surface area contributed by atoms with E-state index in [-0.39, 0.29) is 0 Å². The van der Waals surface area contributed by atoms with Gasteiger partial charge in [0.05, 0.1) is 6.20 Å². The lowest BCUT2D eigenvalue weighted by Gasteiger charge is -2.10. The van der Waals surface area contributed by atoms with Gasteiger partial charge in [0, 0.05) is 17.3 Å². The minimum atomic E-state index is 0.535. The molecular weight excluding hydrogens is 286 g/mol. The van der Waals surface area contributed by atoms with E-state index in [1.54, 1.807) is 6.20 Å². The van der Waals surface area contributed by atoms with Crippen LogP contribution in [0.3, 0.4) is 0 Å². The third-order valence-corrected chi connectivity index (χ3v) is 3.25. The number of anilines is 3. The molecule has 112 valence electrons. The van der Waals surface area contributed by atoms with Gasteiger partial charge in [0.25, 0.3) is 0 Å². The smallest absolute Gasteiger partial charge is 0.244 e. The summed E-state index contributed by atoms with van der Waals surface area (Å²) in [7, 11) is 0. The number of benzene rings is 1. The SMILES string of the molecule is Cc1cc(Cl)ccc1Nc1cnnc(NCCC(C)C)n1. The lowest BCUT2D eigenvalue weighted by atomic mass is 10.1. The number of hydrogen-bond acceptors (Lipinski definition) is 5. The molecule has 0 aliphatic heterocycles. The Labute approximate surface area is 130 Å². The summed E-state index contributed by atoms with van der Waals surface area (Å²) in [5.41, 5.74) is 2.00. The lowest BCUT2D eigenvalue weighted by Crippen LogP contribution is -2.09. The highest BCUT2D eigenvalue weighted by Crippen LogP contribution is 2.22. The van der Waals surface area contributed by atoms with Crippen LogP contribution in [0.5, 0.6) is 0 Å². The first-order valence-electron chi connectivity index (χ1n) is 7.01. The molecule has 1 heterocycles. The largest absolute Gasteiger partial charge is 0.353 e. The number of nitrogens with one attached hydrogen (secondary N) is 2. The van der Waals surface area contributed by atoms with E-state index in [1.807, 2.05) is 25.1 Å². The molecule has 0 aliphatic carbocycles. The molecule has 21 heavy (non-hydrogen) atoms. The summed E-state index contributed by atoms with van der Waals surface area (Å²) in [5, 5.41) is 15.1. The van der Waals surface area contributed by atoms with Crippen LogP contribution in [0.15, 0.2) is 24.4 Å². The van der Waals surface area contributed by atoms with Gasteiger partial charge < -0.3 is 10.6 Å². The van der Waals surface area contributed by atoms with E-state index < -0.39 is 0 Å². The molecule has 0 spiro atoms. The summed E-state index contributed by atoms with van der Waals surface area (Å²) in [5.74, 6) is 1.83. The van der Waals surface area contributed by atoms with Crippen LogP contribution < -0.4 is 10.6 Å². The van der Waals surface area contributed by atoms with E-state index in [0.717, 1.165) is 29.2 Å². The minimum absolute atomic E-state index is 0.535. The molecule has 0 radical (unpaired) electrons. The van der Waals surface area contributed by atoms with Crippen LogP contribution in [-0.4, -0.2) is 21.7 Å². The quantitative estimate of drug-likeness (QED) is 0.843. The Hall–Kier alpha value is -1.88. The summed E-state index contributed by atoms with van der Waals surface area (Å²) in [6.07, 6.45) is 2.67. The van der Waals surface area contributed by atoms with Crippen molar-refractivity contribution in [2.45, 2.75) is 27.2 Å². The standard InChI is InChI=1S/C15H20ClN5/c1-10(2)6-7-17-15-20-14(9-18-21-15)19-13-5-4-12(16)8-11(13)3/h4-5,8-10H,6-7H2,1-3H3,(H2,17,19,20,21). The molecule has 0 unspecified atom stereocenters. The highest BCUT2D eigenvalue weighted by Gasteiger charge is 2.04. The molecule has 0 atom stereocenters. The first-order chi connectivity index (χ1) is 10.0. The zero-order valence-corrected chi connectivity index (χ0v) is 13.3. The van der Waals surface area contributed by atoms with E-state index >= 15 is 0 Å². The van der Waals surface area contributed by atoms with Crippen molar-refractivity contribution in [2.24, 2.45) is 5.92 Å². The summed E-state index contributed by atoms with van der Waals surface area (Å²) in [6.45, 7) is 7.19. The Kier molecular flexibility index (Phi) is 5.33. The molecule has 0 saturated carbocycles. The number of aryl methyl sites for hydroxylation is 1. The van der Waals surface area contributed by atoms with Crippen molar-refractivity contribution < 1.29 is 0 Å². The van der Waals surface area contributed by atoms with Gasteiger partial charge >= 0.3 is 0 Å². The highest BCUT2D eigenvalue weighted by molar-refractivity contribution is 6.30. The molecule has 2 rings (SSSR count). The molecule has 5 nitrogen and oxygen atoms in total. The van der Waals surface area contributed by atoms with Gasteiger partial charge in [-0.3, -0.25) is 0 Å². The fourth-order valence-electron chi connectivity index (χ4n) is 1.82. The molecule has 1 aromatic carbocycles. The van der Waals surface area contributed by atoms with Crippen molar-refractivity contribution in [3.63, 3.8) is 0 Å². The average Bonchev–Trinajstić information content (AvgIpc) is 2.42. The van der Waals surface area contributed by atoms with E-state index in [4.69, 9.17) is 11.6 Å². The Bertz CT molecular complexity index is 600. The van der Waals surface area contributed by atoms with Gasteiger partial charge in [0.1, 0.15) is 0 Å². The van der Waals surface area contributed by atoms with Crippen LogP contribution in [0.4, 0.5) is 17.5 Å². The van der Waals surface area contributed by atoms with Gasteiger partial charge in [-0.15, -0.1) is 5.10 Å². The van der Waals surface area contributed by atoms with Crippen LogP contribution in [0.1, 0.15) is 25.8 Å². The molecule has 0 fully saturated rings. The topological polar surface area (TPSA) is 62.7 Å². The van der Waals surface area contributed by atoms with Gasteiger partial charge in [-0.2, -0.15) is 10.1 Å². The number of hydrogen-bond donors (Lipinski definition) is 2. The van der Waals surface area contributed by atoms with Crippen molar-refractivity contribution in [3.05, 3.63) is 35.0 Å². The maximum Gasteiger partial charge on any atom is 0.244 e. The summed E-state index contributed by atoms with van der Waals surface area (Å²) >= 11 is 5.95. The van der Waals surface area contributed by atoms with Crippen LogP contribution in [0, 0.1) is 12.8 Å². The van der Waals surface area contributed by atoms with Gasteiger partial charge in [-0.25, -0.2) is 0 Å². The molecule has 6 heteroatoms. The van der Waals surface area contributed by atoms with Crippen LogP contribution in [-0.2, 0) is 0 Å². The summed E-state index contributed by atoms with van der Waals surface area (Å²) in [6, 6.07) is 5.67. The Morgan fingerprint density at radius 1 is 1.29 bits per heavy atom. The first kappa shape index (κ1) is 15.5. The van der Waals surface area contributed by atoms with Gasteiger partial charge in [-0.1, -0.05) is 25.4 Å². The highest BCUT2D eigenvalue weighted by atomic mass is 35.5. The second-order valence-electron chi connectivity index (χ2n) is 5.36. The molecule has 0 aliphatic rings. The predicted molar refractivity (Wildman–Crippen MR) is 87.2 cm³/mol. The van der Waals surface area contributed by atoms with E-state index in [2.05, 4.69) is 39.7 Å². The number of nitrogens with zero attached hydrogens (tertiary/aromatic N) is 3. The van der Waals surface area contributed by atoms with Crippen LogP contribution >= 0.6 is 11.6 Å². The third-order valence-electron chi connectivity index (χ3n) is 3.01. The van der Waals surface area contributed by atoms with Gasteiger partial charge in [0.15, 0.2) is 5.82 Å². The fourth-order valence-corrected chi connectivity index (χ4v) is 2.04. The van der Waals surface area contributed by atoms with Crippen LogP contribution in [0.25, 0.3) is 0 Å². The average molecular weight is 306 g/mol. The Balaban J connectivity index is 2.03. The van der Waals surface area contributed by atoms with Gasteiger partial charge in [0.2, 0.25) is 5.95 Å². The third kappa shape index (κ3) is 4.86. The predicted octanol–water partition coefficient (Wildman–Crippen LogP) is 4.04. The second kappa shape index (κ2) is 7.22.